The second kappa shape index (κ2) is 5.87. The maximum atomic E-state index is 11.7. The van der Waals surface area contributed by atoms with Crippen molar-refractivity contribution in [2.45, 2.75) is 13.8 Å². The summed E-state index contributed by atoms with van der Waals surface area (Å²) >= 11 is 0. The molecule has 1 rings (SSSR count). The Bertz CT molecular complexity index is 547. The lowest BCUT2D eigenvalue weighted by molar-refractivity contribution is -0.111. The predicted octanol–water partition coefficient (Wildman–Crippen LogP) is 1.73. The van der Waals surface area contributed by atoms with Gasteiger partial charge in [0.25, 0.3) is 0 Å². The highest BCUT2D eigenvalue weighted by Crippen LogP contribution is 2.24. The van der Waals surface area contributed by atoms with Crippen LogP contribution in [0.3, 0.4) is 0 Å². The van der Waals surface area contributed by atoms with E-state index in [2.05, 4.69) is 11.8 Å². The molecular formula is C14H14O4. The molecule has 0 unspecified atom stereocenters. The molecule has 0 radical (unpaired) electrons. The minimum atomic E-state index is -0.542. The molecule has 0 aliphatic heterocycles. The molecule has 0 saturated heterocycles. The Balaban J connectivity index is 3.48. The van der Waals surface area contributed by atoms with Crippen molar-refractivity contribution >= 4 is 11.8 Å². The fraction of sp³-hybridized carbons (Fsp3) is 0.286. The third-order valence-electron chi connectivity index (χ3n) is 2.23. The van der Waals surface area contributed by atoms with Crippen LogP contribution in [0.2, 0.25) is 0 Å². The summed E-state index contributed by atoms with van der Waals surface area (Å²) in [6.45, 7) is 3.21. The third kappa shape index (κ3) is 3.11. The van der Waals surface area contributed by atoms with Crippen LogP contribution in [0, 0.1) is 18.8 Å². The molecule has 18 heavy (non-hydrogen) atoms. The molecule has 0 aliphatic carbocycles. The van der Waals surface area contributed by atoms with E-state index in [0.29, 0.717) is 11.3 Å². The Labute approximate surface area is 106 Å². The summed E-state index contributed by atoms with van der Waals surface area (Å²) in [7, 11) is 2.74. The highest BCUT2D eigenvalue weighted by molar-refractivity contribution is 5.98. The van der Waals surface area contributed by atoms with Crippen LogP contribution >= 0.6 is 0 Å². The molecule has 0 aliphatic rings. The second-order valence-electron chi connectivity index (χ2n) is 3.69. The van der Waals surface area contributed by atoms with E-state index in [9.17, 15) is 9.59 Å². The highest BCUT2D eigenvalue weighted by Gasteiger charge is 2.17. The van der Waals surface area contributed by atoms with E-state index < -0.39 is 5.97 Å². The summed E-state index contributed by atoms with van der Waals surface area (Å²) in [5.41, 5.74) is 1.54. The van der Waals surface area contributed by atoms with Crippen LogP contribution in [-0.4, -0.2) is 26.0 Å². The normalized spacial score (nSPS) is 9.11. The van der Waals surface area contributed by atoms with Gasteiger partial charge in [-0.05, 0) is 30.5 Å². The van der Waals surface area contributed by atoms with Crippen molar-refractivity contribution < 1.29 is 19.1 Å². The van der Waals surface area contributed by atoms with Gasteiger partial charge in [0.05, 0.1) is 14.2 Å². The number of rotatable bonds is 2. The number of esters is 1. The zero-order chi connectivity index (χ0) is 13.7. The molecule has 0 fully saturated rings. The van der Waals surface area contributed by atoms with Gasteiger partial charge in [0.15, 0.2) is 0 Å². The average Bonchev–Trinajstić information content (AvgIpc) is 2.34. The van der Waals surface area contributed by atoms with Crippen LogP contribution < -0.4 is 4.74 Å². The predicted molar refractivity (Wildman–Crippen MR) is 66.6 cm³/mol. The number of Topliss-reactive ketones (excluding diaryl/α,β-unsaturated/α-hetero) is 1. The number of ether oxygens (including phenoxy) is 2. The molecule has 4 nitrogen and oxygen atoms in total. The molecular weight excluding hydrogens is 232 g/mol. The van der Waals surface area contributed by atoms with Gasteiger partial charge < -0.3 is 9.47 Å². The molecule has 0 amide bonds. The Morgan fingerprint density at radius 2 is 1.89 bits per heavy atom. The first-order valence-corrected chi connectivity index (χ1v) is 5.29. The Kier molecular flexibility index (Phi) is 4.50. The van der Waals surface area contributed by atoms with Crippen LogP contribution in [0.4, 0.5) is 0 Å². The van der Waals surface area contributed by atoms with Crippen molar-refractivity contribution in [1.82, 2.24) is 0 Å². The van der Waals surface area contributed by atoms with E-state index in [1.807, 2.05) is 6.92 Å². The number of carbonyl (C=O) groups is 2. The molecule has 0 aromatic heterocycles. The van der Waals surface area contributed by atoms with Crippen molar-refractivity contribution in [1.29, 1.82) is 0 Å². The standard InChI is InChI=1S/C14H14O4/c1-9-7-11(6-5-10(2)15)13(14(16)18-4)12(8-9)17-3/h7-8H,1-4H3. The van der Waals surface area contributed by atoms with Crippen molar-refractivity contribution in [2.75, 3.05) is 14.2 Å². The van der Waals surface area contributed by atoms with E-state index in [1.54, 1.807) is 12.1 Å². The van der Waals surface area contributed by atoms with E-state index in [0.717, 1.165) is 5.56 Å². The summed E-state index contributed by atoms with van der Waals surface area (Å²) in [6.07, 6.45) is 0. The van der Waals surface area contributed by atoms with Crippen LogP contribution in [0.5, 0.6) is 5.75 Å². The SMILES string of the molecule is COC(=O)c1c(C#CC(C)=O)cc(C)cc1OC. The van der Waals surface area contributed by atoms with E-state index >= 15 is 0 Å². The maximum absolute atomic E-state index is 11.7. The van der Waals surface area contributed by atoms with Gasteiger partial charge in [-0.1, -0.05) is 5.92 Å². The Morgan fingerprint density at radius 3 is 2.39 bits per heavy atom. The summed E-state index contributed by atoms with van der Waals surface area (Å²) in [5.74, 6) is 4.64. The fourth-order valence-corrected chi connectivity index (χ4v) is 1.48. The second-order valence-corrected chi connectivity index (χ2v) is 3.69. The van der Waals surface area contributed by atoms with Crippen molar-refractivity contribution in [3.8, 4) is 17.6 Å². The summed E-state index contributed by atoms with van der Waals surface area (Å²) < 4.78 is 9.84. The minimum absolute atomic E-state index is 0.236. The van der Waals surface area contributed by atoms with Crippen molar-refractivity contribution in [2.24, 2.45) is 0 Å². The first kappa shape index (κ1) is 13.8. The molecule has 4 heteroatoms. The topological polar surface area (TPSA) is 52.6 Å². The fourth-order valence-electron chi connectivity index (χ4n) is 1.48. The average molecular weight is 246 g/mol. The highest BCUT2D eigenvalue weighted by atomic mass is 16.5. The molecule has 0 bridgehead atoms. The van der Waals surface area contributed by atoms with Gasteiger partial charge >= 0.3 is 5.97 Å². The van der Waals surface area contributed by atoms with Gasteiger partial charge in [-0.3, -0.25) is 4.79 Å². The Hall–Kier alpha value is -2.28. The van der Waals surface area contributed by atoms with Gasteiger partial charge in [-0.15, -0.1) is 0 Å². The zero-order valence-corrected chi connectivity index (χ0v) is 10.8. The Morgan fingerprint density at radius 1 is 1.22 bits per heavy atom. The van der Waals surface area contributed by atoms with E-state index in [4.69, 9.17) is 9.47 Å². The summed E-state index contributed by atoms with van der Waals surface area (Å²) in [4.78, 5) is 22.6. The number of carbonyl (C=O) groups excluding carboxylic acids is 2. The first-order valence-electron chi connectivity index (χ1n) is 5.29. The number of methoxy groups -OCH3 is 2. The van der Waals surface area contributed by atoms with Gasteiger partial charge in [0.1, 0.15) is 11.3 Å². The van der Waals surface area contributed by atoms with E-state index in [-0.39, 0.29) is 11.3 Å². The first-order chi connectivity index (χ1) is 8.49. The number of aryl methyl sites for hydroxylation is 1. The molecule has 0 atom stereocenters. The van der Waals surface area contributed by atoms with Crippen LogP contribution in [0.1, 0.15) is 28.4 Å². The van der Waals surface area contributed by atoms with Crippen LogP contribution in [0.15, 0.2) is 12.1 Å². The number of hydrogen-bond acceptors (Lipinski definition) is 4. The van der Waals surface area contributed by atoms with Gasteiger partial charge in [0.2, 0.25) is 5.78 Å². The van der Waals surface area contributed by atoms with Crippen molar-refractivity contribution in [3.63, 3.8) is 0 Å². The quantitative estimate of drug-likeness (QED) is 0.589. The lowest BCUT2D eigenvalue weighted by atomic mass is 10.0. The van der Waals surface area contributed by atoms with Gasteiger partial charge in [-0.25, -0.2) is 4.79 Å². The number of ketones is 1. The molecule has 0 heterocycles. The van der Waals surface area contributed by atoms with E-state index in [1.165, 1.54) is 21.1 Å². The number of hydrogen-bond donors (Lipinski definition) is 0. The molecule has 0 spiro atoms. The molecule has 1 aromatic rings. The lowest BCUT2D eigenvalue weighted by Crippen LogP contribution is -2.07. The summed E-state index contributed by atoms with van der Waals surface area (Å²) in [5, 5.41) is 0. The molecule has 0 saturated carbocycles. The number of benzene rings is 1. The molecule has 94 valence electrons. The minimum Gasteiger partial charge on any atom is -0.496 e. The third-order valence-corrected chi connectivity index (χ3v) is 2.23. The van der Waals surface area contributed by atoms with Gasteiger partial charge in [0, 0.05) is 12.5 Å². The van der Waals surface area contributed by atoms with Crippen molar-refractivity contribution in [3.05, 3.63) is 28.8 Å². The molecule has 0 N–H and O–H groups in total. The smallest absolute Gasteiger partial charge is 0.342 e. The molecule has 1 aromatic carbocycles. The lowest BCUT2D eigenvalue weighted by Gasteiger charge is -2.10. The largest absolute Gasteiger partial charge is 0.496 e. The monoisotopic (exact) mass is 246 g/mol. The van der Waals surface area contributed by atoms with Gasteiger partial charge in [-0.2, -0.15) is 0 Å². The van der Waals surface area contributed by atoms with Crippen LogP contribution in [0.25, 0.3) is 0 Å². The summed E-state index contributed by atoms with van der Waals surface area (Å²) in [6, 6.07) is 3.43. The maximum Gasteiger partial charge on any atom is 0.342 e. The van der Waals surface area contributed by atoms with Crippen LogP contribution in [-0.2, 0) is 9.53 Å². The zero-order valence-electron chi connectivity index (χ0n) is 10.8.